The van der Waals surface area contributed by atoms with Crippen LogP contribution in [-0.4, -0.2) is 20.2 Å². The predicted molar refractivity (Wildman–Crippen MR) is 58.0 cm³/mol. The van der Waals surface area contributed by atoms with E-state index in [4.69, 9.17) is 0 Å². The van der Waals surface area contributed by atoms with Crippen LogP contribution in [0.15, 0.2) is 12.4 Å². The van der Waals surface area contributed by atoms with Crippen molar-refractivity contribution in [1.82, 2.24) is 20.2 Å². The molecule has 0 aliphatic rings. The quantitative estimate of drug-likeness (QED) is 0.659. The van der Waals surface area contributed by atoms with Crippen molar-refractivity contribution in [2.75, 3.05) is 0 Å². The number of aromatic nitrogens is 4. The Labute approximate surface area is 88.1 Å². The number of nitrogens with one attached hydrogen (secondary N) is 1. The highest BCUT2D eigenvalue weighted by atomic mass is 15.2. The number of hydrogen-bond donors (Lipinski definition) is 1. The van der Waals surface area contributed by atoms with Crippen LogP contribution in [0.25, 0.3) is 11.2 Å². The smallest absolute Gasteiger partial charge is 0.200 e. The fourth-order valence-electron chi connectivity index (χ4n) is 1.09. The molecule has 2 aromatic heterocycles. The summed E-state index contributed by atoms with van der Waals surface area (Å²) in [5, 5.41) is 6.86. The first-order valence-corrected chi connectivity index (χ1v) is 4.74. The van der Waals surface area contributed by atoms with Gasteiger partial charge in [-0.25, -0.2) is 9.97 Å². The Morgan fingerprint density at radius 1 is 1.20 bits per heavy atom. The zero-order chi connectivity index (χ0) is 10.9. The maximum Gasteiger partial charge on any atom is 0.200 e. The molecular formula is C11H12N4. The molecule has 0 aliphatic carbocycles. The first-order chi connectivity index (χ1) is 7.06. The van der Waals surface area contributed by atoms with Crippen molar-refractivity contribution in [3.63, 3.8) is 0 Å². The van der Waals surface area contributed by atoms with E-state index in [0.29, 0.717) is 5.65 Å². The number of fused-ring (bicyclic) bond motifs is 1. The van der Waals surface area contributed by atoms with Gasteiger partial charge in [-0.05, 0) is 26.7 Å². The Morgan fingerprint density at radius 3 is 2.67 bits per heavy atom. The van der Waals surface area contributed by atoms with Gasteiger partial charge in [0.15, 0.2) is 0 Å². The Kier molecular flexibility index (Phi) is 2.16. The minimum atomic E-state index is -0.0281. The third kappa shape index (κ3) is 2.13. The van der Waals surface area contributed by atoms with E-state index in [1.165, 1.54) is 0 Å². The van der Waals surface area contributed by atoms with Gasteiger partial charge >= 0.3 is 0 Å². The van der Waals surface area contributed by atoms with Crippen LogP contribution in [0.5, 0.6) is 0 Å². The van der Waals surface area contributed by atoms with Crippen molar-refractivity contribution in [3.8, 4) is 11.8 Å². The predicted octanol–water partition coefficient (Wildman–Crippen LogP) is 1.75. The number of H-pyrrole nitrogens is 1. The van der Waals surface area contributed by atoms with E-state index in [1.54, 1.807) is 12.4 Å². The second-order valence-electron chi connectivity index (χ2n) is 4.33. The molecule has 0 aliphatic heterocycles. The fourth-order valence-corrected chi connectivity index (χ4v) is 1.09. The molecular weight excluding hydrogens is 188 g/mol. The summed E-state index contributed by atoms with van der Waals surface area (Å²) in [7, 11) is 0. The van der Waals surface area contributed by atoms with Crippen LogP contribution in [0.1, 0.15) is 26.5 Å². The molecule has 2 rings (SSSR count). The van der Waals surface area contributed by atoms with E-state index >= 15 is 0 Å². The van der Waals surface area contributed by atoms with Gasteiger partial charge in [-0.1, -0.05) is 5.92 Å². The van der Waals surface area contributed by atoms with Crippen molar-refractivity contribution in [2.45, 2.75) is 20.8 Å². The Morgan fingerprint density at radius 2 is 1.93 bits per heavy atom. The van der Waals surface area contributed by atoms with E-state index in [1.807, 2.05) is 0 Å². The van der Waals surface area contributed by atoms with E-state index < -0.39 is 0 Å². The highest BCUT2D eigenvalue weighted by molar-refractivity contribution is 5.75. The van der Waals surface area contributed by atoms with Crippen LogP contribution in [0.4, 0.5) is 0 Å². The van der Waals surface area contributed by atoms with Crippen LogP contribution >= 0.6 is 0 Å². The van der Waals surface area contributed by atoms with E-state index in [0.717, 1.165) is 11.2 Å². The van der Waals surface area contributed by atoms with Crippen molar-refractivity contribution in [3.05, 3.63) is 18.1 Å². The highest BCUT2D eigenvalue weighted by Gasteiger charge is 2.06. The second-order valence-corrected chi connectivity index (χ2v) is 4.33. The zero-order valence-electron chi connectivity index (χ0n) is 9.00. The van der Waals surface area contributed by atoms with Gasteiger partial charge in [-0.15, -0.1) is 0 Å². The molecule has 0 amide bonds. The number of aromatic amines is 1. The molecule has 2 aromatic rings. The third-order valence-corrected chi connectivity index (χ3v) is 1.75. The summed E-state index contributed by atoms with van der Waals surface area (Å²) in [4.78, 5) is 8.26. The normalized spacial score (nSPS) is 11.1. The van der Waals surface area contributed by atoms with Crippen molar-refractivity contribution in [1.29, 1.82) is 0 Å². The lowest BCUT2D eigenvalue weighted by Crippen LogP contribution is -1.99. The van der Waals surface area contributed by atoms with Crippen molar-refractivity contribution < 1.29 is 0 Å². The molecule has 2 heterocycles. The van der Waals surface area contributed by atoms with Crippen LogP contribution in [0.2, 0.25) is 0 Å². The molecule has 0 radical (unpaired) electrons. The zero-order valence-corrected chi connectivity index (χ0v) is 9.00. The van der Waals surface area contributed by atoms with Gasteiger partial charge in [-0.3, -0.25) is 5.10 Å². The molecule has 0 aromatic carbocycles. The lowest BCUT2D eigenvalue weighted by atomic mass is 9.98. The molecule has 0 bridgehead atoms. The average Bonchev–Trinajstić information content (AvgIpc) is 2.57. The van der Waals surface area contributed by atoms with Gasteiger partial charge in [-0.2, -0.15) is 5.10 Å². The lowest BCUT2D eigenvalue weighted by Gasteiger charge is -2.06. The molecule has 0 atom stereocenters. The summed E-state index contributed by atoms with van der Waals surface area (Å²) in [5.74, 6) is 6.16. The van der Waals surface area contributed by atoms with Crippen molar-refractivity contribution >= 4 is 11.2 Å². The summed E-state index contributed by atoms with van der Waals surface area (Å²) in [5.41, 5.74) is 2.04. The molecule has 0 saturated carbocycles. The maximum absolute atomic E-state index is 4.18. The second kappa shape index (κ2) is 3.35. The maximum atomic E-state index is 4.18. The van der Waals surface area contributed by atoms with Gasteiger partial charge in [0, 0.05) is 17.8 Å². The average molecular weight is 200 g/mol. The summed E-state index contributed by atoms with van der Waals surface area (Å²) < 4.78 is 0. The molecule has 0 unspecified atom stereocenters. The van der Waals surface area contributed by atoms with Gasteiger partial charge in [0.05, 0.1) is 0 Å². The molecule has 0 fully saturated rings. The first-order valence-electron chi connectivity index (χ1n) is 4.74. The Bertz CT molecular complexity index is 537. The van der Waals surface area contributed by atoms with E-state index in [9.17, 15) is 0 Å². The molecule has 1 N–H and O–H groups in total. The fraction of sp³-hybridized carbons (Fsp3) is 0.364. The molecule has 0 spiro atoms. The standard InChI is InChI=1S/C11H12N4/c1-11(2,3)5-4-8-9-10(15-14-8)13-7-6-12-9/h6-7H,1-3H3,(H,13,14,15). The molecule has 4 heteroatoms. The van der Waals surface area contributed by atoms with Crippen molar-refractivity contribution in [2.24, 2.45) is 5.41 Å². The van der Waals surface area contributed by atoms with E-state index in [-0.39, 0.29) is 5.41 Å². The number of rotatable bonds is 0. The number of nitrogens with zero attached hydrogens (tertiary/aromatic N) is 3. The highest BCUT2D eigenvalue weighted by Crippen LogP contribution is 2.12. The molecule has 4 nitrogen and oxygen atoms in total. The summed E-state index contributed by atoms with van der Waals surface area (Å²) in [6, 6.07) is 0. The summed E-state index contributed by atoms with van der Waals surface area (Å²) in [6.07, 6.45) is 3.25. The topological polar surface area (TPSA) is 54.5 Å². The summed E-state index contributed by atoms with van der Waals surface area (Å²) in [6.45, 7) is 6.18. The SMILES string of the molecule is CC(C)(C)C#Cc1[nH]nc2nccnc12. The monoisotopic (exact) mass is 200 g/mol. The first kappa shape index (κ1) is 9.66. The molecule has 15 heavy (non-hydrogen) atoms. The van der Waals surface area contributed by atoms with E-state index in [2.05, 4.69) is 52.8 Å². The Balaban J connectivity index is 2.48. The largest absolute Gasteiger partial charge is 0.266 e. The van der Waals surface area contributed by atoms with Gasteiger partial charge in [0.25, 0.3) is 0 Å². The van der Waals surface area contributed by atoms with Gasteiger partial charge in [0.2, 0.25) is 5.65 Å². The Hall–Kier alpha value is -1.89. The van der Waals surface area contributed by atoms with Crippen LogP contribution in [-0.2, 0) is 0 Å². The van der Waals surface area contributed by atoms with Gasteiger partial charge < -0.3 is 0 Å². The van der Waals surface area contributed by atoms with Crippen LogP contribution < -0.4 is 0 Å². The lowest BCUT2D eigenvalue weighted by molar-refractivity contribution is 0.571. The minimum Gasteiger partial charge on any atom is -0.266 e. The van der Waals surface area contributed by atoms with Crippen LogP contribution in [0, 0.1) is 17.3 Å². The van der Waals surface area contributed by atoms with Crippen LogP contribution in [0.3, 0.4) is 0 Å². The number of hydrogen-bond acceptors (Lipinski definition) is 3. The molecule has 0 saturated heterocycles. The third-order valence-electron chi connectivity index (χ3n) is 1.75. The van der Waals surface area contributed by atoms with Gasteiger partial charge in [0.1, 0.15) is 11.2 Å². The molecule has 76 valence electrons. The minimum absolute atomic E-state index is 0.0281. The summed E-state index contributed by atoms with van der Waals surface area (Å²) >= 11 is 0.